The lowest BCUT2D eigenvalue weighted by Gasteiger charge is -2.01. The molecule has 0 bridgehead atoms. The lowest BCUT2D eigenvalue weighted by Crippen LogP contribution is -2.05. The van der Waals surface area contributed by atoms with Crippen molar-refractivity contribution >= 4 is 41.1 Å². The lowest BCUT2D eigenvalue weighted by molar-refractivity contribution is -0.129. The van der Waals surface area contributed by atoms with Gasteiger partial charge in [0.2, 0.25) is 12.7 Å². The van der Waals surface area contributed by atoms with Crippen LogP contribution in [0.1, 0.15) is 11.1 Å². The van der Waals surface area contributed by atoms with E-state index in [0.29, 0.717) is 32.7 Å². The van der Waals surface area contributed by atoms with Crippen LogP contribution in [0.5, 0.6) is 11.5 Å². The summed E-state index contributed by atoms with van der Waals surface area (Å²) in [4.78, 5) is 16.3. The van der Waals surface area contributed by atoms with Crippen LogP contribution < -0.4 is 9.47 Å². The van der Waals surface area contributed by atoms with E-state index >= 15 is 0 Å². The van der Waals surface area contributed by atoms with E-state index in [9.17, 15) is 4.79 Å². The zero-order valence-electron chi connectivity index (χ0n) is 12.1. The standard InChI is InChI=1S/C17H9Cl2NO4/c18-11-4-2-1-3-10(11)16-20-13(17(21)24-16)5-9-6-14-15(7-12(9)19)23-8-22-14/h1-7H,8H2/b13-5+. The minimum absolute atomic E-state index is 0.130. The highest BCUT2D eigenvalue weighted by molar-refractivity contribution is 6.34. The van der Waals surface area contributed by atoms with Crippen molar-refractivity contribution < 1.29 is 19.0 Å². The van der Waals surface area contributed by atoms with Crippen LogP contribution in [0.25, 0.3) is 6.08 Å². The Bertz CT molecular complexity index is 921. The first-order valence-electron chi connectivity index (χ1n) is 6.98. The molecule has 120 valence electrons. The van der Waals surface area contributed by atoms with Crippen LogP contribution in [0.15, 0.2) is 47.1 Å². The third-order valence-corrected chi connectivity index (χ3v) is 4.17. The molecule has 2 aliphatic heterocycles. The smallest absolute Gasteiger partial charge is 0.363 e. The summed E-state index contributed by atoms with van der Waals surface area (Å²) in [6.07, 6.45) is 1.54. The maximum absolute atomic E-state index is 12.1. The second kappa shape index (κ2) is 5.85. The van der Waals surface area contributed by atoms with Crippen LogP contribution in [0.3, 0.4) is 0 Å². The minimum atomic E-state index is -0.571. The molecule has 4 rings (SSSR count). The molecule has 0 aromatic heterocycles. The van der Waals surface area contributed by atoms with Gasteiger partial charge in [-0.2, -0.15) is 0 Å². The number of rotatable bonds is 2. The number of hydrogen-bond acceptors (Lipinski definition) is 5. The zero-order chi connectivity index (χ0) is 16.7. The predicted octanol–water partition coefficient (Wildman–Crippen LogP) is 4.07. The molecule has 0 N–H and O–H groups in total. The Kier molecular flexibility index (Phi) is 3.67. The second-order valence-electron chi connectivity index (χ2n) is 5.04. The molecule has 0 saturated heterocycles. The predicted molar refractivity (Wildman–Crippen MR) is 89.6 cm³/mol. The van der Waals surface area contributed by atoms with E-state index in [2.05, 4.69) is 4.99 Å². The van der Waals surface area contributed by atoms with Crippen LogP contribution >= 0.6 is 23.2 Å². The van der Waals surface area contributed by atoms with Crippen molar-refractivity contribution in [2.24, 2.45) is 4.99 Å². The number of carbonyl (C=O) groups excluding carboxylic acids is 1. The summed E-state index contributed by atoms with van der Waals surface area (Å²) in [5.74, 6) is 0.719. The molecule has 0 unspecified atom stereocenters. The Balaban J connectivity index is 1.73. The van der Waals surface area contributed by atoms with Crippen LogP contribution in [-0.4, -0.2) is 18.7 Å². The number of aliphatic imine (C=N–C) groups is 1. The van der Waals surface area contributed by atoms with Gasteiger partial charge in [-0.15, -0.1) is 0 Å². The van der Waals surface area contributed by atoms with E-state index in [1.54, 1.807) is 36.4 Å². The van der Waals surface area contributed by atoms with E-state index in [0.717, 1.165) is 0 Å². The summed E-state index contributed by atoms with van der Waals surface area (Å²) in [7, 11) is 0. The lowest BCUT2D eigenvalue weighted by atomic mass is 10.1. The Morgan fingerprint density at radius 2 is 1.79 bits per heavy atom. The Morgan fingerprint density at radius 3 is 2.58 bits per heavy atom. The average molecular weight is 362 g/mol. The molecule has 0 amide bonds. The van der Waals surface area contributed by atoms with Gasteiger partial charge in [-0.25, -0.2) is 9.79 Å². The Morgan fingerprint density at radius 1 is 1.04 bits per heavy atom. The molecule has 0 spiro atoms. The van der Waals surface area contributed by atoms with Gasteiger partial charge in [-0.1, -0.05) is 35.3 Å². The molecule has 0 fully saturated rings. The normalized spacial score (nSPS) is 17.2. The number of ether oxygens (including phenoxy) is 3. The number of fused-ring (bicyclic) bond motifs is 1. The van der Waals surface area contributed by atoms with Crippen molar-refractivity contribution in [2.45, 2.75) is 0 Å². The highest BCUT2D eigenvalue weighted by atomic mass is 35.5. The number of carbonyl (C=O) groups is 1. The Hall–Kier alpha value is -2.50. The fourth-order valence-electron chi connectivity index (χ4n) is 2.35. The van der Waals surface area contributed by atoms with Gasteiger partial charge in [0, 0.05) is 6.07 Å². The molecule has 0 atom stereocenters. The van der Waals surface area contributed by atoms with Crippen LogP contribution in [0, 0.1) is 0 Å². The zero-order valence-corrected chi connectivity index (χ0v) is 13.6. The molecular weight excluding hydrogens is 353 g/mol. The van der Waals surface area contributed by atoms with Gasteiger partial charge in [0.1, 0.15) is 0 Å². The molecule has 5 nitrogen and oxygen atoms in total. The van der Waals surface area contributed by atoms with Gasteiger partial charge in [0.05, 0.1) is 15.6 Å². The quantitative estimate of drug-likeness (QED) is 0.597. The minimum Gasteiger partial charge on any atom is -0.454 e. The highest BCUT2D eigenvalue weighted by Crippen LogP contribution is 2.38. The van der Waals surface area contributed by atoms with E-state index in [1.807, 2.05) is 0 Å². The summed E-state index contributed by atoms with van der Waals surface area (Å²) >= 11 is 12.3. The van der Waals surface area contributed by atoms with Crippen molar-refractivity contribution in [3.05, 3.63) is 63.3 Å². The largest absolute Gasteiger partial charge is 0.454 e. The summed E-state index contributed by atoms with van der Waals surface area (Å²) in [6, 6.07) is 10.3. The highest BCUT2D eigenvalue weighted by Gasteiger charge is 2.26. The van der Waals surface area contributed by atoms with Crippen molar-refractivity contribution in [1.29, 1.82) is 0 Å². The van der Waals surface area contributed by atoms with Crippen molar-refractivity contribution in [2.75, 3.05) is 6.79 Å². The molecule has 0 aliphatic carbocycles. The molecule has 2 aromatic rings. The SMILES string of the molecule is O=C1OC(c2ccccc2Cl)=N/C1=C/c1cc2c(cc1Cl)OCO2. The molecule has 0 saturated carbocycles. The average Bonchev–Trinajstić information content (AvgIpc) is 3.15. The van der Waals surface area contributed by atoms with Gasteiger partial charge in [0.25, 0.3) is 0 Å². The van der Waals surface area contributed by atoms with E-state index in [1.165, 1.54) is 6.08 Å². The van der Waals surface area contributed by atoms with Crippen molar-refractivity contribution in [3.63, 3.8) is 0 Å². The molecule has 2 aliphatic rings. The monoisotopic (exact) mass is 361 g/mol. The molecular formula is C17H9Cl2NO4. The number of cyclic esters (lactones) is 1. The second-order valence-corrected chi connectivity index (χ2v) is 5.86. The third-order valence-electron chi connectivity index (χ3n) is 3.51. The Labute approximate surface area is 147 Å². The fraction of sp³-hybridized carbons (Fsp3) is 0.0588. The first-order chi connectivity index (χ1) is 11.6. The van der Waals surface area contributed by atoms with Gasteiger partial charge < -0.3 is 14.2 Å². The number of benzene rings is 2. The van der Waals surface area contributed by atoms with E-state index in [4.69, 9.17) is 37.4 Å². The van der Waals surface area contributed by atoms with Gasteiger partial charge in [0.15, 0.2) is 17.2 Å². The number of nitrogens with zero attached hydrogens (tertiary/aromatic N) is 1. The number of hydrogen-bond donors (Lipinski definition) is 0. The van der Waals surface area contributed by atoms with E-state index in [-0.39, 0.29) is 18.4 Å². The van der Waals surface area contributed by atoms with Crippen LogP contribution in [0.4, 0.5) is 0 Å². The topological polar surface area (TPSA) is 57.1 Å². The summed E-state index contributed by atoms with van der Waals surface area (Å²) in [6.45, 7) is 0.141. The van der Waals surface area contributed by atoms with Gasteiger partial charge in [-0.05, 0) is 29.8 Å². The summed E-state index contributed by atoms with van der Waals surface area (Å²) in [5.41, 5.74) is 1.26. The fourth-order valence-corrected chi connectivity index (χ4v) is 2.77. The summed E-state index contributed by atoms with van der Waals surface area (Å²) in [5, 5.41) is 0.868. The molecule has 2 heterocycles. The molecule has 7 heteroatoms. The third kappa shape index (κ3) is 2.62. The molecule has 24 heavy (non-hydrogen) atoms. The summed E-state index contributed by atoms with van der Waals surface area (Å²) < 4.78 is 15.8. The van der Waals surface area contributed by atoms with Gasteiger partial charge >= 0.3 is 5.97 Å². The van der Waals surface area contributed by atoms with Gasteiger partial charge in [-0.3, -0.25) is 0 Å². The maximum atomic E-state index is 12.1. The van der Waals surface area contributed by atoms with E-state index < -0.39 is 5.97 Å². The van der Waals surface area contributed by atoms with Crippen LogP contribution in [-0.2, 0) is 9.53 Å². The number of esters is 1. The number of halogens is 2. The van der Waals surface area contributed by atoms with Crippen LogP contribution in [0.2, 0.25) is 10.0 Å². The first kappa shape index (κ1) is 15.1. The molecule has 2 aromatic carbocycles. The van der Waals surface area contributed by atoms with Crippen molar-refractivity contribution in [1.82, 2.24) is 0 Å². The van der Waals surface area contributed by atoms with Crippen molar-refractivity contribution in [3.8, 4) is 11.5 Å². The molecule has 0 radical (unpaired) electrons. The first-order valence-corrected chi connectivity index (χ1v) is 7.74. The maximum Gasteiger partial charge on any atom is 0.363 e.